The van der Waals surface area contributed by atoms with Gasteiger partial charge in [0.15, 0.2) is 6.61 Å². The Balaban J connectivity index is 1.42. The normalized spacial score (nSPS) is 18.9. The van der Waals surface area contributed by atoms with Gasteiger partial charge in [0.2, 0.25) is 0 Å². The number of hydrogen-bond donors (Lipinski definition) is 1. The van der Waals surface area contributed by atoms with Gasteiger partial charge in [0.25, 0.3) is 5.91 Å². The van der Waals surface area contributed by atoms with Crippen LogP contribution in [0, 0.1) is 5.92 Å². The van der Waals surface area contributed by atoms with Gasteiger partial charge in [-0.05, 0) is 51.3 Å². The Bertz CT molecular complexity index is 688. The van der Waals surface area contributed by atoms with E-state index >= 15 is 0 Å². The minimum atomic E-state index is -0.0758. The van der Waals surface area contributed by atoms with E-state index < -0.39 is 0 Å². The van der Waals surface area contributed by atoms with Crippen molar-refractivity contribution in [2.75, 3.05) is 26.2 Å². The number of rotatable bonds is 6. The maximum atomic E-state index is 12.0. The van der Waals surface area contributed by atoms with E-state index in [9.17, 15) is 4.79 Å². The third-order valence-corrected chi connectivity index (χ3v) is 5.02. The van der Waals surface area contributed by atoms with Crippen molar-refractivity contribution in [1.82, 2.24) is 19.0 Å². The molecule has 3 rings (SSSR count). The molecule has 0 saturated carbocycles. The van der Waals surface area contributed by atoms with Crippen LogP contribution in [0.2, 0.25) is 0 Å². The number of nitrogens with zero attached hydrogens (tertiary/aromatic N) is 3. The highest BCUT2D eigenvalue weighted by atomic mass is 32.1. The summed E-state index contributed by atoms with van der Waals surface area (Å²) in [5.74, 6) is 1.10. The predicted octanol–water partition coefficient (Wildman–Crippen LogP) is 2.31. The summed E-state index contributed by atoms with van der Waals surface area (Å²) in [6.45, 7) is 7.43. The molecule has 1 fully saturated rings. The number of hydrogen-bond acceptors (Lipinski definition) is 6. The standard InChI is InChI=1S/C17H24N4O2S/c1-12(2)21-7-3-4-13(10-21)9-18-17(22)11-23-14-5-6-15-16(8-14)20-24-19-15/h5-6,8,12-13H,3-4,7,9-11H2,1-2H3,(H,18,22)/t13-/m0/s1. The van der Waals surface area contributed by atoms with Crippen LogP contribution in [0.1, 0.15) is 26.7 Å². The number of ether oxygens (including phenoxy) is 1. The average Bonchev–Trinajstić information content (AvgIpc) is 3.06. The van der Waals surface area contributed by atoms with Gasteiger partial charge in [-0.25, -0.2) is 0 Å². The van der Waals surface area contributed by atoms with Crippen LogP contribution in [0.15, 0.2) is 18.2 Å². The zero-order chi connectivity index (χ0) is 16.9. The Morgan fingerprint density at radius 3 is 3.08 bits per heavy atom. The predicted molar refractivity (Wildman–Crippen MR) is 95.4 cm³/mol. The first-order chi connectivity index (χ1) is 11.6. The van der Waals surface area contributed by atoms with Gasteiger partial charge in [-0.3, -0.25) is 4.79 Å². The number of carbonyl (C=O) groups is 1. The first-order valence-corrected chi connectivity index (χ1v) is 9.20. The molecule has 0 bridgehead atoms. The molecule has 0 radical (unpaired) electrons. The highest BCUT2D eigenvalue weighted by molar-refractivity contribution is 7.00. The van der Waals surface area contributed by atoms with Crippen molar-refractivity contribution in [3.8, 4) is 5.75 Å². The van der Waals surface area contributed by atoms with Crippen LogP contribution in [0.3, 0.4) is 0 Å². The molecule has 1 aromatic carbocycles. The molecule has 1 atom stereocenters. The van der Waals surface area contributed by atoms with Crippen molar-refractivity contribution < 1.29 is 9.53 Å². The quantitative estimate of drug-likeness (QED) is 0.868. The van der Waals surface area contributed by atoms with E-state index in [1.807, 2.05) is 18.2 Å². The van der Waals surface area contributed by atoms with E-state index in [4.69, 9.17) is 4.74 Å². The fourth-order valence-corrected chi connectivity index (χ4v) is 3.56. The van der Waals surface area contributed by atoms with Gasteiger partial charge in [-0.1, -0.05) is 0 Å². The van der Waals surface area contributed by atoms with Crippen LogP contribution >= 0.6 is 11.7 Å². The molecule has 7 heteroatoms. The van der Waals surface area contributed by atoms with Crippen LogP contribution in [0.25, 0.3) is 11.0 Å². The molecule has 1 N–H and O–H groups in total. The van der Waals surface area contributed by atoms with E-state index in [2.05, 4.69) is 32.8 Å². The van der Waals surface area contributed by atoms with Crippen LogP contribution in [0.5, 0.6) is 5.75 Å². The molecule has 1 amide bonds. The monoisotopic (exact) mass is 348 g/mol. The summed E-state index contributed by atoms with van der Waals surface area (Å²) < 4.78 is 13.9. The van der Waals surface area contributed by atoms with Gasteiger partial charge in [-0.15, -0.1) is 0 Å². The van der Waals surface area contributed by atoms with Gasteiger partial charge in [0, 0.05) is 25.2 Å². The summed E-state index contributed by atoms with van der Waals surface area (Å²) >= 11 is 1.17. The molecule has 130 valence electrons. The van der Waals surface area contributed by atoms with E-state index in [1.54, 1.807) is 0 Å². The first-order valence-electron chi connectivity index (χ1n) is 8.47. The molecular formula is C17H24N4O2S. The van der Waals surface area contributed by atoms with Crippen molar-refractivity contribution in [2.45, 2.75) is 32.7 Å². The minimum Gasteiger partial charge on any atom is -0.484 e. The van der Waals surface area contributed by atoms with Crippen molar-refractivity contribution in [3.63, 3.8) is 0 Å². The fraction of sp³-hybridized carbons (Fsp3) is 0.588. The zero-order valence-corrected chi connectivity index (χ0v) is 15.0. The van der Waals surface area contributed by atoms with E-state index in [-0.39, 0.29) is 12.5 Å². The molecule has 2 heterocycles. The highest BCUT2D eigenvalue weighted by Crippen LogP contribution is 2.19. The Kier molecular flexibility index (Phi) is 5.63. The molecule has 6 nitrogen and oxygen atoms in total. The van der Waals surface area contributed by atoms with Crippen LogP contribution < -0.4 is 10.1 Å². The Hall–Kier alpha value is -1.73. The second kappa shape index (κ2) is 7.90. The van der Waals surface area contributed by atoms with Crippen molar-refractivity contribution in [2.24, 2.45) is 5.92 Å². The summed E-state index contributed by atoms with van der Waals surface area (Å²) in [4.78, 5) is 14.5. The summed E-state index contributed by atoms with van der Waals surface area (Å²) in [7, 11) is 0. The summed E-state index contributed by atoms with van der Waals surface area (Å²) in [5.41, 5.74) is 1.65. The zero-order valence-electron chi connectivity index (χ0n) is 14.2. The second-order valence-electron chi connectivity index (χ2n) is 6.60. The maximum absolute atomic E-state index is 12.0. The highest BCUT2D eigenvalue weighted by Gasteiger charge is 2.21. The molecular weight excluding hydrogens is 324 g/mol. The largest absolute Gasteiger partial charge is 0.484 e. The molecule has 1 aromatic heterocycles. The summed E-state index contributed by atoms with van der Waals surface area (Å²) in [6, 6.07) is 6.06. The van der Waals surface area contributed by atoms with Gasteiger partial charge >= 0.3 is 0 Å². The molecule has 0 aliphatic carbocycles. The number of likely N-dealkylation sites (tertiary alicyclic amines) is 1. The number of piperidine rings is 1. The lowest BCUT2D eigenvalue weighted by molar-refractivity contribution is -0.123. The summed E-state index contributed by atoms with van der Waals surface area (Å²) in [6.07, 6.45) is 2.38. The first kappa shape index (κ1) is 17.1. The average molecular weight is 348 g/mol. The van der Waals surface area contributed by atoms with Crippen molar-refractivity contribution >= 4 is 28.7 Å². The van der Waals surface area contributed by atoms with Crippen molar-refractivity contribution in [3.05, 3.63) is 18.2 Å². The van der Waals surface area contributed by atoms with E-state index in [0.29, 0.717) is 17.7 Å². The third kappa shape index (κ3) is 4.42. The number of carbonyl (C=O) groups excluding carboxylic acids is 1. The van der Waals surface area contributed by atoms with E-state index in [1.165, 1.54) is 31.1 Å². The molecule has 24 heavy (non-hydrogen) atoms. The molecule has 1 aliphatic heterocycles. The number of nitrogens with one attached hydrogen (secondary N) is 1. The minimum absolute atomic E-state index is 0.0314. The van der Waals surface area contributed by atoms with Crippen LogP contribution in [-0.2, 0) is 4.79 Å². The van der Waals surface area contributed by atoms with Crippen molar-refractivity contribution in [1.29, 1.82) is 0 Å². The molecule has 2 aromatic rings. The number of amides is 1. The fourth-order valence-electron chi connectivity index (χ4n) is 3.04. The van der Waals surface area contributed by atoms with Crippen LogP contribution in [0.4, 0.5) is 0 Å². The van der Waals surface area contributed by atoms with Crippen LogP contribution in [-0.4, -0.2) is 51.8 Å². The molecule has 0 unspecified atom stereocenters. The number of fused-ring (bicyclic) bond motifs is 1. The SMILES string of the molecule is CC(C)N1CCC[C@@H](CNC(=O)COc2ccc3nsnc3c2)C1. The van der Waals surface area contributed by atoms with Gasteiger partial charge in [0.1, 0.15) is 16.8 Å². The number of aromatic nitrogens is 2. The molecule has 1 aliphatic rings. The number of benzene rings is 1. The van der Waals surface area contributed by atoms with Gasteiger partial charge in [-0.2, -0.15) is 8.75 Å². The van der Waals surface area contributed by atoms with Gasteiger partial charge in [0.05, 0.1) is 11.7 Å². The lowest BCUT2D eigenvalue weighted by atomic mass is 9.97. The lowest BCUT2D eigenvalue weighted by Crippen LogP contribution is -2.44. The Morgan fingerprint density at radius 1 is 1.42 bits per heavy atom. The Morgan fingerprint density at radius 2 is 2.25 bits per heavy atom. The topological polar surface area (TPSA) is 67.4 Å². The third-order valence-electron chi connectivity index (χ3n) is 4.46. The molecule has 0 spiro atoms. The summed E-state index contributed by atoms with van der Waals surface area (Å²) in [5, 5.41) is 3.00. The molecule has 1 saturated heterocycles. The smallest absolute Gasteiger partial charge is 0.257 e. The second-order valence-corrected chi connectivity index (χ2v) is 7.13. The maximum Gasteiger partial charge on any atom is 0.257 e. The van der Waals surface area contributed by atoms with Gasteiger partial charge < -0.3 is 15.0 Å². The Labute approximate surface area is 146 Å². The van der Waals surface area contributed by atoms with E-state index in [0.717, 1.165) is 24.1 Å². The lowest BCUT2D eigenvalue weighted by Gasteiger charge is -2.35.